The van der Waals surface area contributed by atoms with Crippen molar-refractivity contribution in [1.82, 2.24) is 10.3 Å². The molecule has 0 aromatic carbocycles. The van der Waals surface area contributed by atoms with E-state index >= 15 is 0 Å². The number of amides is 2. The maximum absolute atomic E-state index is 11.4. The van der Waals surface area contributed by atoms with Crippen LogP contribution < -0.4 is 5.32 Å². The summed E-state index contributed by atoms with van der Waals surface area (Å²) >= 11 is 0. The van der Waals surface area contributed by atoms with Crippen molar-refractivity contribution in [3.63, 3.8) is 0 Å². The molecule has 0 saturated heterocycles. The average molecular weight is 235 g/mol. The van der Waals surface area contributed by atoms with Crippen LogP contribution in [0.2, 0.25) is 0 Å². The number of nitrogens with one attached hydrogen (secondary N) is 1. The predicted molar refractivity (Wildman–Crippen MR) is 58.2 cm³/mol. The highest BCUT2D eigenvalue weighted by atomic mass is 16.6. The minimum Gasteiger partial charge on any atom is -0.287 e. The zero-order valence-electron chi connectivity index (χ0n) is 8.91. The molecule has 17 heavy (non-hydrogen) atoms. The minimum atomic E-state index is -0.706. The van der Waals surface area contributed by atoms with E-state index in [1.165, 1.54) is 18.2 Å². The van der Waals surface area contributed by atoms with Crippen LogP contribution in [0.1, 0.15) is 17.4 Å². The van der Waals surface area contributed by atoms with Gasteiger partial charge in [-0.3, -0.25) is 25.0 Å². The lowest BCUT2D eigenvalue weighted by Crippen LogP contribution is -2.29. The topological polar surface area (TPSA) is 102 Å². The van der Waals surface area contributed by atoms with Gasteiger partial charge >= 0.3 is 0 Å². The van der Waals surface area contributed by atoms with E-state index in [2.05, 4.69) is 4.98 Å². The van der Waals surface area contributed by atoms with Crippen molar-refractivity contribution >= 4 is 17.5 Å². The number of hydrogen-bond acceptors (Lipinski definition) is 5. The monoisotopic (exact) mass is 235 g/mol. The third-order valence-electron chi connectivity index (χ3n) is 1.75. The van der Waals surface area contributed by atoms with E-state index < -0.39 is 16.7 Å². The van der Waals surface area contributed by atoms with E-state index in [-0.39, 0.29) is 11.4 Å². The summed E-state index contributed by atoms with van der Waals surface area (Å²) in [6, 6.07) is 2.32. The standard InChI is InChI=1S/C10H9N3O4/c1-2-3-9(14)12-10(15)8-5-4-7(6-11-8)13(16)17/h2-6H,1H3,(H,12,14,15)/b3-2+. The van der Waals surface area contributed by atoms with Crippen LogP contribution in [0.25, 0.3) is 0 Å². The van der Waals surface area contributed by atoms with Crippen molar-refractivity contribution in [1.29, 1.82) is 0 Å². The average Bonchev–Trinajstić information content (AvgIpc) is 2.29. The van der Waals surface area contributed by atoms with E-state index in [4.69, 9.17) is 0 Å². The second kappa shape index (κ2) is 5.50. The Bertz CT molecular complexity index is 479. The van der Waals surface area contributed by atoms with Crippen LogP contribution in [-0.2, 0) is 4.79 Å². The van der Waals surface area contributed by atoms with Crippen LogP contribution in [-0.4, -0.2) is 21.7 Å². The highest BCUT2D eigenvalue weighted by molar-refractivity contribution is 6.07. The lowest BCUT2D eigenvalue weighted by Gasteiger charge is -1.99. The summed E-state index contributed by atoms with van der Waals surface area (Å²) in [4.78, 5) is 35.8. The molecule has 0 atom stereocenters. The number of nitrogens with zero attached hydrogens (tertiary/aromatic N) is 2. The summed E-state index contributed by atoms with van der Waals surface area (Å²) < 4.78 is 0. The van der Waals surface area contributed by atoms with Gasteiger partial charge in [-0.2, -0.15) is 0 Å². The Labute approximate surface area is 96.3 Å². The Hall–Kier alpha value is -2.57. The Morgan fingerprint density at radius 1 is 1.47 bits per heavy atom. The Balaban J connectivity index is 2.76. The second-order valence-corrected chi connectivity index (χ2v) is 2.98. The Morgan fingerprint density at radius 2 is 2.18 bits per heavy atom. The fourth-order valence-corrected chi connectivity index (χ4v) is 0.997. The minimum absolute atomic E-state index is 0.0616. The molecule has 0 fully saturated rings. The Morgan fingerprint density at radius 3 is 2.65 bits per heavy atom. The van der Waals surface area contributed by atoms with E-state index in [1.54, 1.807) is 6.92 Å². The summed E-state index contributed by atoms with van der Waals surface area (Å²) in [5, 5.41) is 12.4. The van der Waals surface area contributed by atoms with Gasteiger partial charge in [-0.05, 0) is 19.1 Å². The predicted octanol–water partition coefficient (Wildman–Crippen LogP) is 0.822. The molecule has 0 saturated carbocycles. The van der Waals surface area contributed by atoms with Gasteiger partial charge < -0.3 is 0 Å². The van der Waals surface area contributed by atoms with Gasteiger partial charge in [-0.1, -0.05) is 6.08 Å². The molecule has 2 amide bonds. The van der Waals surface area contributed by atoms with Crippen LogP contribution >= 0.6 is 0 Å². The summed E-state index contributed by atoms with van der Waals surface area (Å²) in [5.74, 6) is -1.28. The first kappa shape index (κ1) is 12.5. The highest BCUT2D eigenvalue weighted by Crippen LogP contribution is 2.08. The zero-order valence-corrected chi connectivity index (χ0v) is 8.91. The van der Waals surface area contributed by atoms with E-state index in [1.807, 2.05) is 5.32 Å². The molecule has 0 aliphatic rings. The number of carbonyl (C=O) groups is 2. The molecule has 7 nitrogen and oxygen atoms in total. The van der Waals surface area contributed by atoms with Crippen molar-refractivity contribution in [2.45, 2.75) is 6.92 Å². The number of hydrogen-bond donors (Lipinski definition) is 1. The molecule has 1 aromatic rings. The van der Waals surface area contributed by atoms with Gasteiger partial charge in [0.05, 0.1) is 4.92 Å². The van der Waals surface area contributed by atoms with Crippen LogP contribution in [0.4, 0.5) is 5.69 Å². The van der Waals surface area contributed by atoms with Crippen molar-refractivity contribution in [3.05, 3.63) is 46.3 Å². The molecule has 88 valence electrons. The normalized spacial score (nSPS) is 10.2. The van der Waals surface area contributed by atoms with Crippen LogP contribution in [0.15, 0.2) is 30.5 Å². The number of nitro groups is 1. The molecule has 1 N–H and O–H groups in total. The summed E-state index contributed by atoms with van der Waals surface area (Å²) in [6.07, 6.45) is 3.62. The molecular formula is C10H9N3O4. The maximum Gasteiger partial charge on any atom is 0.287 e. The first-order valence-corrected chi connectivity index (χ1v) is 4.63. The number of rotatable bonds is 3. The summed E-state index contributed by atoms with van der Waals surface area (Å²) in [5.41, 5.74) is -0.283. The highest BCUT2D eigenvalue weighted by Gasteiger charge is 2.12. The van der Waals surface area contributed by atoms with Gasteiger partial charge in [-0.15, -0.1) is 0 Å². The van der Waals surface area contributed by atoms with E-state index in [0.717, 1.165) is 12.3 Å². The molecular weight excluding hydrogens is 226 g/mol. The molecule has 0 aliphatic carbocycles. The first-order valence-electron chi connectivity index (χ1n) is 4.63. The summed E-state index contributed by atoms with van der Waals surface area (Å²) in [6.45, 7) is 1.63. The van der Waals surface area contributed by atoms with Gasteiger partial charge in [0.25, 0.3) is 17.5 Å². The van der Waals surface area contributed by atoms with E-state index in [9.17, 15) is 19.7 Å². The number of carbonyl (C=O) groups excluding carboxylic acids is 2. The van der Waals surface area contributed by atoms with E-state index in [0.29, 0.717) is 0 Å². The molecule has 1 aromatic heterocycles. The molecule has 1 heterocycles. The fourth-order valence-electron chi connectivity index (χ4n) is 0.997. The molecule has 0 aliphatic heterocycles. The molecule has 0 bridgehead atoms. The molecule has 1 rings (SSSR count). The lowest BCUT2D eigenvalue weighted by atomic mass is 10.3. The number of allylic oxidation sites excluding steroid dienone is 1. The van der Waals surface area contributed by atoms with Crippen LogP contribution in [0.5, 0.6) is 0 Å². The smallest absolute Gasteiger partial charge is 0.287 e. The zero-order chi connectivity index (χ0) is 12.8. The third kappa shape index (κ3) is 3.49. The van der Waals surface area contributed by atoms with Gasteiger partial charge in [0, 0.05) is 6.07 Å². The van der Waals surface area contributed by atoms with Crippen molar-refractivity contribution in [2.75, 3.05) is 0 Å². The van der Waals surface area contributed by atoms with Gasteiger partial charge in [0.15, 0.2) is 0 Å². The molecule has 0 unspecified atom stereocenters. The quantitative estimate of drug-likeness (QED) is 0.474. The maximum atomic E-state index is 11.4. The first-order chi connectivity index (χ1) is 8.04. The third-order valence-corrected chi connectivity index (χ3v) is 1.75. The number of aromatic nitrogens is 1. The SMILES string of the molecule is C/C=C/C(=O)NC(=O)c1ccc([N+](=O)[O-])cn1. The van der Waals surface area contributed by atoms with Crippen molar-refractivity contribution in [3.8, 4) is 0 Å². The number of imide groups is 1. The summed E-state index contributed by atoms with van der Waals surface area (Å²) in [7, 11) is 0. The van der Waals surface area contributed by atoms with Crippen molar-refractivity contribution < 1.29 is 14.5 Å². The van der Waals surface area contributed by atoms with Gasteiger partial charge in [-0.25, -0.2) is 4.98 Å². The van der Waals surface area contributed by atoms with Crippen LogP contribution in [0.3, 0.4) is 0 Å². The van der Waals surface area contributed by atoms with Crippen molar-refractivity contribution in [2.24, 2.45) is 0 Å². The van der Waals surface area contributed by atoms with Crippen LogP contribution in [0, 0.1) is 10.1 Å². The molecule has 0 spiro atoms. The van der Waals surface area contributed by atoms with Gasteiger partial charge in [0.1, 0.15) is 11.9 Å². The lowest BCUT2D eigenvalue weighted by molar-refractivity contribution is -0.385. The van der Waals surface area contributed by atoms with Gasteiger partial charge in [0.2, 0.25) is 0 Å². The molecule has 0 radical (unpaired) electrons. The largest absolute Gasteiger partial charge is 0.287 e. The Kier molecular flexibility index (Phi) is 4.04. The second-order valence-electron chi connectivity index (χ2n) is 2.98. The molecule has 7 heteroatoms. The fraction of sp³-hybridized carbons (Fsp3) is 0.100. The number of pyridine rings is 1.